The van der Waals surface area contributed by atoms with Crippen molar-refractivity contribution < 1.29 is 26.0 Å². The zero-order chi connectivity index (χ0) is 18.1. The predicted octanol–water partition coefficient (Wildman–Crippen LogP) is 0.974. The Balaban J connectivity index is 1.98. The summed E-state index contributed by atoms with van der Waals surface area (Å²) >= 11 is -0.355. The van der Waals surface area contributed by atoms with Crippen LogP contribution >= 0.6 is 0 Å². The maximum atomic E-state index is 11.1. The fraction of sp³-hybridized carbons (Fsp3) is 0.238. The fourth-order valence-electron chi connectivity index (χ4n) is 3.68. The molecule has 0 unspecified atom stereocenters. The number of aromatic nitrogens is 1. The molecular weight excluding hydrogens is 437 g/mol. The van der Waals surface area contributed by atoms with Crippen LogP contribution in [0.25, 0.3) is 16.6 Å². The minimum absolute atomic E-state index is 0.355. The van der Waals surface area contributed by atoms with Crippen LogP contribution in [0.5, 0.6) is 0 Å². The molecule has 0 spiro atoms. The molecule has 0 atom stereocenters. The summed E-state index contributed by atoms with van der Waals surface area (Å²) in [5.74, 6) is 0. The number of hydrogen-bond donors (Lipinski definition) is 1. The quantitative estimate of drug-likeness (QED) is 0.425. The van der Waals surface area contributed by atoms with Gasteiger partial charge in [0, 0.05) is 0 Å². The van der Waals surface area contributed by atoms with E-state index in [-0.39, 0.29) is 21.2 Å². The number of aryl methyl sites for hydroxylation is 2. The Hall–Kier alpha value is -2.15. The number of carbonyl (C=O) groups is 1. The molecule has 1 aliphatic heterocycles. The Morgan fingerprint density at radius 3 is 2.73 bits per heavy atom. The Labute approximate surface area is 162 Å². The Morgan fingerprint density at radius 1 is 1.15 bits per heavy atom. The first-order chi connectivity index (χ1) is 12.7. The van der Waals surface area contributed by atoms with Crippen LogP contribution in [0.2, 0.25) is 0 Å². The number of halogens is 1. The van der Waals surface area contributed by atoms with Gasteiger partial charge < -0.3 is 0 Å². The molecule has 0 fully saturated rings. The van der Waals surface area contributed by atoms with Crippen molar-refractivity contribution in [3.8, 4) is 0 Å². The molecule has 1 aromatic carbocycles. The molecule has 1 aliphatic carbocycles. The van der Waals surface area contributed by atoms with Crippen molar-refractivity contribution in [3.63, 3.8) is 0 Å². The van der Waals surface area contributed by atoms with Crippen molar-refractivity contribution in [1.82, 2.24) is 4.98 Å². The number of fused-ring (bicyclic) bond motifs is 3. The molecule has 1 aromatic heterocycles. The van der Waals surface area contributed by atoms with E-state index in [1.165, 1.54) is 23.8 Å². The minimum atomic E-state index is -0.355. The van der Waals surface area contributed by atoms with Gasteiger partial charge in [-0.1, -0.05) is 0 Å². The van der Waals surface area contributed by atoms with Crippen LogP contribution in [0.3, 0.4) is 0 Å². The number of allylic oxidation sites excluding steroid dienone is 1. The molecule has 4 rings (SSSR count). The van der Waals surface area contributed by atoms with Crippen LogP contribution in [0.15, 0.2) is 30.9 Å². The maximum absolute atomic E-state index is 11.1. The Kier molecular flexibility index (Phi) is 4.80. The third-order valence-electron chi connectivity index (χ3n) is 4.96. The number of rotatable bonds is 3. The molecule has 0 saturated carbocycles. The van der Waals surface area contributed by atoms with E-state index in [1.54, 1.807) is 6.21 Å². The summed E-state index contributed by atoms with van der Waals surface area (Å²) in [4.78, 5) is 20.6. The van der Waals surface area contributed by atoms with Gasteiger partial charge in [0.05, 0.1) is 0 Å². The average molecular weight is 456 g/mol. The second-order valence-corrected chi connectivity index (χ2v) is 8.53. The number of aliphatic imine (C=N–C) groups is 1. The second-order valence-electron chi connectivity index (χ2n) is 6.56. The van der Waals surface area contributed by atoms with Gasteiger partial charge in [0.2, 0.25) is 0 Å². The fourth-order valence-corrected chi connectivity index (χ4v) is 5.38. The number of carbonyl (C=O) groups excluding carboxylic acids is 1. The molecule has 0 saturated heterocycles. The summed E-state index contributed by atoms with van der Waals surface area (Å²) in [5.41, 5.74) is 8.15. The Bertz CT molecular complexity index is 1020. The van der Waals surface area contributed by atoms with E-state index in [1.807, 2.05) is 10.1 Å². The van der Waals surface area contributed by atoms with Gasteiger partial charge in [0.15, 0.2) is 0 Å². The zero-order valence-electron chi connectivity index (χ0n) is 14.6. The van der Waals surface area contributed by atoms with Gasteiger partial charge in [0.1, 0.15) is 0 Å². The number of aldehydes is 1. The summed E-state index contributed by atoms with van der Waals surface area (Å²) in [7, 11) is 0. The van der Waals surface area contributed by atoms with Gasteiger partial charge in [-0.25, -0.2) is 0 Å². The Morgan fingerprint density at radius 2 is 1.96 bits per heavy atom. The summed E-state index contributed by atoms with van der Waals surface area (Å²) in [6.45, 7) is 2.05. The molecular formula is C21H19IN3O-. The van der Waals surface area contributed by atoms with E-state index in [9.17, 15) is 4.79 Å². The molecule has 0 amide bonds. The second kappa shape index (κ2) is 7.23. The number of pyridine rings is 1. The van der Waals surface area contributed by atoms with Gasteiger partial charge in [0.25, 0.3) is 0 Å². The monoisotopic (exact) mass is 456 g/mol. The molecule has 1 N–H and O–H groups in total. The first-order valence-electron chi connectivity index (χ1n) is 8.70. The molecule has 2 aromatic rings. The average Bonchev–Trinajstić information content (AvgIpc) is 2.93. The molecule has 26 heavy (non-hydrogen) atoms. The van der Waals surface area contributed by atoms with Crippen LogP contribution in [-0.4, -0.2) is 23.7 Å². The van der Waals surface area contributed by atoms with E-state index in [0.29, 0.717) is 5.57 Å². The van der Waals surface area contributed by atoms with Gasteiger partial charge >= 0.3 is 163 Å². The summed E-state index contributed by atoms with van der Waals surface area (Å²) in [6.07, 6.45) is 8.33. The van der Waals surface area contributed by atoms with Gasteiger partial charge in [-0.2, -0.15) is 0 Å². The van der Waals surface area contributed by atoms with Crippen molar-refractivity contribution in [1.29, 1.82) is 5.41 Å². The third-order valence-corrected chi connectivity index (χ3v) is 6.99. The topological polar surface area (TPSA) is 66.2 Å². The first-order valence-corrected chi connectivity index (χ1v) is 11.2. The van der Waals surface area contributed by atoms with Crippen LogP contribution in [0.4, 0.5) is 0 Å². The molecule has 4 nitrogen and oxygen atoms in total. The van der Waals surface area contributed by atoms with Crippen LogP contribution < -0.4 is 21.2 Å². The van der Waals surface area contributed by atoms with Crippen LogP contribution in [0, 0.1) is 12.3 Å². The van der Waals surface area contributed by atoms with E-state index in [0.717, 1.165) is 59.0 Å². The van der Waals surface area contributed by atoms with Gasteiger partial charge in [-0.15, -0.1) is 0 Å². The number of benzene rings is 1. The van der Waals surface area contributed by atoms with E-state index < -0.39 is 0 Å². The van der Waals surface area contributed by atoms with Crippen LogP contribution in [-0.2, 0) is 17.6 Å². The molecule has 0 bridgehead atoms. The van der Waals surface area contributed by atoms with Crippen molar-refractivity contribution in [2.45, 2.75) is 32.6 Å². The summed E-state index contributed by atoms with van der Waals surface area (Å²) < 4.78 is 4.15. The van der Waals surface area contributed by atoms with Crippen LogP contribution in [0.1, 0.15) is 40.8 Å². The van der Waals surface area contributed by atoms with Gasteiger partial charge in [-0.05, 0) is 0 Å². The number of hydrogen-bond acceptors (Lipinski definition) is 4. The van der Waals surface area contributed by atoms with E-state index >= 15 is 0 Å². The normalized spacial score (nSPS) is 16.8. The van der Waals surface area contributed by atoms with Gasteiger partial charge in [-0.3, -0.25) is 0 Å². The van der Waals surface area contributed by atoms with E-state index in [2.05, 4.69) is 22.1 Å². The number of nitrogens with zero attached hydrogens (tertiary/aromatic N) is 2. The molecule has 5 heteroatoms. The molecule has 2 heterocycles. The molecule has 2 aliphatic rings. The number of nitrogens with one attached hydrogen (secondary N) is 1. The van der Waals surface area contributed by atoms with Crippen molar-refractivity contribution in [3.05, 3.63) is 53.8 Å². The molecule has 132 valence electrons. The van der Waals surface area contributed by atoms with Crippen molar-refractivity contribution in [2.75, 3.05) is 0 Å². The summed E-state index contributed by atoms with van der Waals surface area (Å²) in [5, 5.41) is 9.02. The SMILES string of the molecule is Cc1ccc2nc(C3=C[I-]C=C(C=O)C=N3)c3c(c2c1C=N)CCCC3. The standard InChI is InChI=1S/C21H19IN3O/c1-13-6-7-18-20(17(13)10-23)15-4-2-3-5-16(15)21(25-18)19-9-22-8-14(12-26)11-24-19/h6-12,23H,2-5H2,1H3/q-1. The first kappa shape index (κ1) is 17.3. The predicted molar refractivity (Wildman–Crippen MR) is 102 cm³/mol. The zero-order valence-corrected chi connectivity index (χ0v) is 16.7. The van der Waals surface area contributed by atoms with Crippen molar-refractivity contribution in [2.24, 2.45) is 4.99 Å². The molecule has 0 radical (unpaired) electrons. The van der Waals surface area contributed by atoms with Crippen molar-refractivity contribution >= 4 is 35.3 Å². The summed E-state index contributed by atoms with van der Waals surface area (Å²) in [6, 6.07) is 4.10. The third kappa shape index (κ3) is 2.94. The van der Waals surface area contributed by atoms with E-state index in [4.69, 9.17) is 10.4 Å².